The van der Waals surface area contributed by atoms with Crippen molar-refractivity contribution < 1.29 is 17.9 Å². The van der Waals surface area contributed by atoms with Gasteiger partial charge in [0.15, 0.2) is 0 Å². The van der Waals surface area contributed by atoms with E-state index in [1.807, 2.05) is 49.4 Å². The number of sulfonamides is 1. The Bertz CT molecular complexity index is 1130. The zero-order valence-corrected chi connectivity index (χ0v) is 18.1. The zero-order valence-electron chi connectivity index (χ0n) is 17.3. The van der Waals surface area contributed by atoms with Crippen molar-refractivity contribution in [1.29, 1.82) is 0 Å². The van der Waals surface area contributed by atoms with E-state index in [9.17, 15) is 13.2 Å². The summed E-state index contributed by atoms with van der Waals surface area (Å²) in [5.41, 5.74) is 1.36. The van der Waals surface area contributed by atoms with Crippen molar-refractivity contribution in [1.82, 2.24) is 5.32 Å². The molecule has 1 atom stereocenters. The summed E-state index contributed by atoms with van der Waals surface area (Å²) in [5, 5.41) is 5.06. The highest BCUT2D eigenvalue weighted by Crippen LogP contribution is 2.24. The second kappa shape index (κ2) is 9.17. The average molecular weight is 427 g/mol. The number of hydrogen-bond acceptors (Lipinski definition) is 4. The fourth-order valence-corrected chi connectivity index (χ4v) is 4.53. The molecule has 1 N–H and O–H groups in total. The first kappa shape index (κ1) is 21.6. The number of nitrogens with one attached hydrogen (secondary N) is 1. The van der Waals surface area contributed by atoms with Crippen LogP contribution < -0.4 is 14.4 Å². The first-order valence-corrected chi connectivity index (χ1v) is 11.6. The highest BCUT2D eigenvalue weighted by atomic mass is 32.2. The summed E-state index contributed by atoms with van der Waals surface area (Å²) in [4.78, 5) is 12.8. The van der Waals surface area contributed by atoms with Crippen LogP contribution in [0.3, 0.4) is 0 Å². The summed E-state index contributed by atoms with van der Waals surface area (Å²) < 4.78 is 31.4. The Balaban J connectivity index is 1.74. The lowest BCUT2D eigenvalue weighted by molar-refractivity contribution is -0.122. The first-order valence-electron chi connectivity index (χ1n) is 9.77. The first-order chi connectivity index (χ1) is 14.3. The quantitative estimate of drug-likeness (QED) is 0.596. The summed E-state index contributed by atoms with van der Waals surface area (Å²) in [6.45, 7) is 4.28. The van der Waals surface area contributed by atoms with Gasteiger partial charge in [-0.3, -0.25) is 9.10 Å². The third kappa shape index (κ3) is 5.10. The van der Waals surface area contributed by atoms with E-state index in [4.69, 9.17) is 4.74 Å². The number of hydrogen-bond donors (Lipinski definition) is 1. The number of fused-ring (bicyclic) bond motifs is 1. The van der Waals surface area contributed by atoms with Crippen LogP contribution in [0.2, 0.25) is 0 Å². The monoisotopic (exact) mass is 426 g/mol. The molecule has 0 fully saturated rings. The number of rotatable bonds is 8. The largest absolute Gasteiger partial charge is 0.494 e. The Morgan fingerprint density at radius 3 is 2.33 bits per heavy atom. The molecule has 7 heteroatoms. The van der Waals surface area contributed by atoms with Crippen molar-refractivity contribution in [2.45, 2.75) is 26.4 Å². The highest BCUT2D eigenvalue weighted by molar-refractivity contribution is 7.92. The Morgan fingerprint density at radius 2 is 1.70 bits per heavy atom. The van der Waals surface area contributed by atoms with Gasteiger partial charge in [0.25, 0.3) is 0 Å². The molecule has 3 aromatic rings. The molecule has 0 radical (unpaired) electrons. The predicted octanol–water partition coefficient (Wildman–Crippen LogP) is 3.71. The Hall–Kier alpha value is -3.06. The molecule has 0 aromatic heterocycles. The average Bonchev–Trinajstić information content (AvgIpc) is 2.72. The molecule has 0 saturated heterocycles. The van der Waals surface area contributed by atoms with E-state index in [2.05, 4.69) is 5.32 Å². The second-order valence-corrected chi connectivity index (χ2v) is 8.92. The number of nitrogens with zero attached hydrogens (tertiary/aromatic N) is 1. The number of carbonyl (C=O) groups is 1. The van der Waals surface area contributed by atoms with Gasteiger partial charge in [-0.2, -0.15) is 0 Å². The minimum atomic E-state index is -3.67. The van der Waals surface area contributed by atoms with Gasteiger partial charge in [0, 0.05) is 6.54 Å². The van der Waals surface area contributed by atoms with Gasteiger partial charge < -0.3 is 10.1 Å². The van der Waals surface area contributed by atoms with Crippen LogP contribution in [-0.2, 0) is 21.4 Å². The fraction of sp³-hybridized carbons (Fsp3) is 0.261. The molecule has 0 unspecified atom stereocenters. The van der Waals surface area contributed by atoms with Crippen molar-refractivity contribution in [2.24, 2.45) is 0 Å². The number of carbonyl (C=O) groups excluding carboxylic acids is 1. The van der Waals surface area contributed by atoms with Crippen molar-refractivity contribution >= 4 is 32.4 Å². The smallest absolute Gasteiger partial charge is 0.243 e. The molecule has 0 saturated carbocycles. The maximum absolute atomic E-state index is 12.8. The van der Waals surface area contributed by atoms with Crippen LogP contribution in [0.25, 0.3) is 10.8 Å². The normalized spacial score (nSPS) is 12.4. The molecular weight excluding hydrogens is 400 g/mol. The van der Waals surface area contributed by atoms with Crippen molar-refractivity contribution in [2.75, 3.05) is 17.2 Å². The maximum Gasteiger partial charge on any atom is 0.243 e. The van der Waals surface area contributed by atoms with Gasteiger partial charge in [0.05, 0.1) is 18.6 Å². The van der Waals surface area contributed by atoms with Crippen LogP contribution in [0.1, 0.15) is 19.4 Å². The summed E-state index contributed by atoms with van der Waals surface area (Å²) in [5.74, 6) is 0.269. The molecule has 3 rings (SSSR count). The van der Waals surface area contributed by atoms with Gasteiger partial charge in [0.2, 0.25) is 15.9 Å². The summed E-state index contributed by atoms with van der Waals surface area (Å²) in [6.07, 6.45) is 1.09. The van der Waals surface area contributed by atoms with Crippen LogP contribution in [0.5, 0.6) is 5.75 Å². The Morgan fingerprint density at radius 1 is 1.03 bits per heavy atom. The SMILES string of the molecule is CCOc1ccc(N([C@H](C)C(=O)NCc2ccc3ccccc3c2)S(C)(=O)=O)cc1. The molecule has 0 spiro atoms. The van der Waals surface area contributed by atoms with Gasteiger partial charge >= 0.3 is 0 Å². The molecule has 0 aliphatic heterocycles. The summed E-state index contributed by atoms with van der Waals surface area (Å²) in [6, 6.07) is 19.7. The number of benzene rings is 3. The lowest BCUT2D eigenvalue weighted by atomic mass is 10.1. The van der Waals surface area contributed by atoms with Gasteiger partial charge in [0.1, 0.15) is 11.8 Å². The van der Waals surface area contributed by atoms with E-state index >= 15 is 0 Å². The number of amides is 1. The number of anilines is 1. The molecule has 6 nitrogen and oxygen atoms in total. The summed E-state index contributed by atoms with van der Waals surface area (Å²) >= 11 is 0. The molecule has 0 heterocycles. The van der Waals surface area contributed by atoms with Crippen molar-refractivity contribution in [3.05, 3.63) is 72.3 Å². The lowest BCUT2D eigenvalue weighted by Crippen LogP contribution is -2.47. The molecule has 158 valence electrons. The number of ether oxygens (including phenoxy) is 1. The second-order valence-electron chi connectivity index (χ2n) is 7.06. The van der Waals surface area contributed by atoms with Gasteiger partial charge in [-0.25, -0.2) is 8.42 Å². The van der Waals surface area contributed by atoms with E-state index < -0.39 is 16.1 Å². The molecule has 0 aliphatic rings. The van der Waals surface area contributed by atoms with Crippen LogP contribution in [-0.4, -0.2) is 33.2 Å². The standard InChI is InChI=1S/C23H26N2O4S/c1-4-29-22-13-11-21(12-14-22)25(30(3,27)28)17(2)23(26)24-16-18-9-10-19-7-5-6-8-20(19)15-18/h5-15,17H,4,16H2,1-3H3,(H,24,26)/t17-/m1/s1. The molecule has 0 bridgehead atoms. The summed E-state index contributed by atoms with van der Waals surface area (Å²) in [7, 11) is -3.67. The predicted molar refractivity (Wildman–Crippen MR) is 120 cm³/mol. The van der Waals surface area contributed by atoms with E-state index in [0.717, 1.165) is 26.9 Å². The van der Waals surface area contributed by atoms with Crippen LogP contribution in [0.4, 0.5) is 5.69 Å². The van der Waals surface area contributed by atoms with E-state index in [1.54, 1.807) is 31.2 Å². The molecule has 30 heavy (non-hydrogen) atoms. The van der Waals surface area contributed by atoms with Crippen LogP contribution in [0, 0.1) is 0 Å². The Labute approximate surface area is 177 Å². The van der Waals surface area contributed by atoms with Crippen LogP contribution >= 0.6 is 0 Å². The third-order valence-electron chi connectivity index (χ3n) is 4.77. The highest BCUT2D eigenvalue weighted by Gasteiger charge is 2.29. The Kier molecular flexibility index (Phi) is 6.62. The van der Waals surface area contributed by atoms with Crippen molar-refractivity contribution in [3.63, 3.8) is 0 Å². The zero-order chi connectivity index (χ0) is 21.7. The fourth-order valence-electron chi connectivity index (χ4n) is 3.35. The van der Waals surface area contributed by atoms with E-state index in [0.29, 0.717) is 24.6 Å². The van der Waals surface area contributed by atoms with E-state index in [1.165, 1.54) is 0 Å². The third-order valence-corrected chi connectivity index (χ3v) is 6.01. The van der Waals surface area contributed by atoms with Gasteiger partial charge in [-0.05, 0) is 60.5 Å². The van der Waals surface area contributed by atoms with Gasteiger partial charge in [-0.15, -0.1) is 0 Å². The van der Waals surface area contributed by atoms with E-state index in [-0.39, 0.29) is 5.91 Å². The molecule has 3 aromatic carbocycles. The van der Waals surface area contributed by atoms with Gasteiger partial charge in [-0.1, -0.05) is 36.4 Å². The minimum absolute atomic E-state index is 0.314. The topological polar surface area (TPSA) is 75.7 Å². The van der Waals surface area contributed by atoms with Crippen molar-refractivity contribution in [3.8, 4) is 5.75 Å². The maximum atomic E-state index is 12.8. The molecule has 0 aliphatic carbocycles. The lowest BCUT2D eigenvalue weighted by Gasteiger charge is -2.28. The minimum Gasteiger partial charge on any atom is -0.494 e. The van der Waals surface area contributed by atoms with Crippen LogP contribution in [0.15, 0.2) is 66.7 Å². The molecule has 1 amide bonds. The molecular formula is C23H26N2O4S.